The number of halogens is 1. The molecule has 0 amide bonds. The van der Waals surface area contributed by atoms with Crippen molar-refractivity contribution in [2.45, 2.75) is 33.1 Å². The number of carbonyl (C=O) groups excluding carboxylic acids is 1. The van der Waals surface area contributed by atoms with E-state index in [0.29, 0.717) is 10.7 Å². The molecule has 1 saturated carbocycles. The number of aliphatic hydroxyl groups excluding tert-OH is 1. The van der Waals surface area contributed by atoms with E-state index in [1.165, 1.54) is 0 Å². The maximum Gasteiger partial charge on any atom is 0.169 e. The van der Waals surface area contributed by atoms with Crippen LogP contribution in [0.15, 0.2) is 36.2 Å². The first-order valence-electron chi connectivity index (χ1n) is 8.66. The monoisotopic (exact) mass is 353 g/mol. The van der Waals surface area contributed by atoms with Gasteiger partial charge in [-0.3, -0.25) is 4.79 Å². The Morgan fingerprint density at radius 1 is 1.08 bits per heavy atom. The summed E-state index contributed by atoms with van der Waals surface area (Å²) >= 11 is 5.96. The molecule has 1 heterocycles. The van der Waals surface area contributed by atoms with Gasteiger partial charge in [0.05, 0.1) is 5.57 Å². The molecule has 2 aliphatic carbocycles. The average Bonchev–Trinajstić information content (AvgIpc) is 3.02. The second-order valence-electron chi connectivity index (χ2n) is 7.18. The lowest BCUT2D eigenvalue weighted by Gasteiger charge is -2.23. The van der Waals surface area contributed by atoms with Crippen molar-refractivity contribution in [2.24, 2.45) is 11.8 Å². The van der Waals surface area contributed by atoms with Gasteiger partial charge < -0.3 is 5.11 Å². The van der Waals surface area contributed by atoms with E-state index in [9.17, 15) is 9.90 Å². The molecule has 4 heteroatoms. The largest absolute Gasteiger partial charge is 0.511 e. The zero-order valence-electron chi connectivity index (χ0n) is 14.3. The molecule has 2 bridgehead atoms. The van der Waals surface area contributed by atoms with Crippen LogP contribution < -0.4 is 0 Å². The zero-order valence-corrected chi connectivity index (χ0v) is 15.1. The predicted octanol–water partition coefficient (Wildman–Crippen LogP) is 5.29. The third-order valence-corrected chi connectivity index (χ3v) is 5.79. The van der Waals surface area contributed by atoms with Gasteiger partial charge in [-0.1, -0.05) is 23.7 Å². The molecule has 1 N–H and O–H groups in total. The summed E-state index contributed by atoms with van der Waals surface area (Å²) in [6, 6.07) is 7.86. The van der Waals surface area contributed by atoms with Crippen molar-refractivity contribution in [2.75, 3.05) is 0 Å². The van der Waals surface area contributed by atoms with Gasteiger partial charge in [-0.2, -0.15) is 0 Å². The Balaban J connectivity index is 1.86. The van der Waals surface area contributed by atoms with Crippen molar-refractivity contribution in [3.63, 3.8) is 0 Å². The molecule has 128 valence electrons. The molecule has 1 aromatic heterocycles. The Hall–Kier alpha value is -2.13. The maximum atomic E-state index is 12.9. The van der Waals surface area contributed by atoms with E-state index in [2.05, 4.69) is 4.98 Å². The molecule has 0 saturated heterocycles. The molecule has 2 aliphatic rings. The number of aromatic nitrogens is 1. The minimum absolute atomic E-state index is 0.0675. The summed E-state index contributed by atoms with van der Waals surface area (Å²) in [5, 5.41) is 11.2. The molecular weight excluding hydrogens is 334 g/mol. The molecule has 0 spiro atoms. The molecule has 1 aromatic carbocycles. The fourth-order valence-corrected chi connectivity index (χ4v) is 4.37. The molecule has 4 rings (SSSR count). The lowest BCUT2D eigenvalue weighted by Crippen LogP contribution is -2.21. The summed E-state index contributed by atoms with van der Waals surface area (Å²) in [6.45, 7) is 3.97. The molecule has 3 nitrogen and oxygen atoms in total. The smallest absolute Gasteiger partial charge is 0.169 e. The van der Waals surface area contributed by atoms with E-state index in [0.717, 1.165) is 47.1 Å². The first-order chi connectivity index (χ1) is 12.0. The van der Waals surface area contributed by atoms with Crippen molar-refractivity contribution >= 4 is 23.0 Å². The molecular formula is C21H20ClNO2. The van der Waals surface area contributed by atoms with E-state index in [-0.39, 0.29) is 23.4 Å². The molecule has 25 heavy (non-hydrogen) atoms. The summed E-state index contributed by atoms with van der Waals surface area (Å²) in [6.07, 6.45) is 4.35. The fourth-order valence-electron chi connectivity index (χ4n) is 4.16. The van der Waals surface area contributed by atoms with Crippen molar-refractivity contribution in [1.29, 1.82) is 0 Å². The highest BCUT2D eigenvalue weighted by Crippen LogP contribution is 2.46. The fraction of sp³-hybridized carbons (Fsp3) is 0.333. The van der Waals surface area contributed by atoms with E-state index in [1.54, 1.807) is 6.20 Å². The highest BCUT2D eigenvalue weighted by molar-refractivity contribution is 6.29. The molecule has 0 radical (unpaired) electrons. The molecule has 2 aromatic rings. The van der Waals surface area contributed by atoms with Crippen molar-refractivity contribution < 1.29 is 9.90 Å². The van der Waals surface area contributed by atoms with Crippen LogP contribution in [0.3, 0.4) is 0 Å². The van der Waals surface area contributed by atoms with Crippen LogP contribution in [-0.4, -0.2) is 15.9 Å². The number of aliphatic hydroxyl groups is 1. The van der Waals surface area contributed by atoms with Crippen LogP contribution in [0.2, 0.25) is 5.15 Å². The highest BCUT2D eigenvalue weighted by Gasteiger charge is 2.41. The number of fused-ring (bicyclic) bond motifs is 2. The Morgan fingerprint density at radius 2 is 1.84 bits per heavy atom. The SMILES string of the molecule is Cc1ccc(-c2cnc(Cl)cc2C)cc1C1=C(O)[C@H]2CC[C@H](C2)C1=O. The highest BCUT2D eigenvalue weighted by atomic mass is 35.5. The third kappa shape index (κ3) is 2.67. The quantitative estimate of drug-likeness (QED) is 0.746. The molecule has 2 atom stereocenters. The van der Waals surface area contributed by atoms with Crippen molar-refractivity contribution in [3.05, 3.63) is 58.1 Å². The van der Waals surface area contributed by atoms with Gasteiger partial charge in [0.25, 0.3) is 0 Å². The van der Waals surface area contributed by atoms with Gasteiger partial charge in [0.2, 0.25) is 0 Å². The summed E-state index contributed by atoms with van der Waals surface area (Å²) in [5.41, 5.74) is 5.36. The van der Waals surface area contributed by atoms with Crippen LogP contribution in [0.4, 0.5) is 0 Å². The minimum atomic E-state index is 0.0675. The number of aryl methyl sites for hydroxylation is 2. The number of pyridine rings is 1. The van der Waals surface area contributed by atoms with Gasteiger partial charge in [-0.15, -0.1) is 0 Å². The summed E-state index contributed by atoms with van der Waals surface area (Å²) in [5.74, 6) is 0.583. The first-order valence-corrected chi connectivity index (χ1v) is 9.04. The van der Waals surface area contributed by atoms with E-state index in [1.807, 2.05) is 38.1 Å². The predicted molar refractivity (Wildman–Crippen MR) is 99.5 cm³/mol. The Labute approximate surface area is 152 Å². The molecule has 0 aliphatic heterocycles. The van der Waals surface area contributed by atoms with Gasteiger partial charge in [-0.05, 0) is 67.5 Å². The minimum Gasteiger partial charge on any atom is -0.511 e. The number of Topliss-reactive ketones (excluding diaryl/α,β-unsaturated/α-hetero) is 1. The topological polar surface area (TPSA) is 50.2 Å². The van der Waals surface area contributed by atoms with Gasteiger partial charge >= 0.3 is 0 Å². The standard InChI is InChI=1S/C21H20ClNO2/c1-11-3-4-13(17-10-23-18(22)7-12(17)2)9-16(11)19-20(24)14-5-6-15(8-14)21(19)25/h3-4,7,9-10,14-15,24H,5-6,8H2,1-2H3/t14-,15+/m0/s1. The number of nitrogens with zero attached hydrogens (tertiary/aromatic N) is 1. The second kappa shape index (κ2) is 5.99. The van der Waals surface area contributed by atoms with Crippen LogP contribution in [-0.2, 0) is 4.79 Å². The number of benzene rings is 1. The van der Waals surface area contributed by atoms with Gasteiger partial charge in [0.1, 0.15) is 10.9 Å². The van der Waals surface area contributed by atoms with Crippen LogP contribution in [0.1, 0.15) is 36.0 Å². The Bertz CT molecular complexity index is 916. The molecule has 1 fully saturated rings. The number of hydrogen-bond acceptors (Lipinski definition) is 3. The summed E-state index contributed by atoms with van der Waals surface area (Å²) in [7, 11) is 0. The summed E-state index contributed by atoms with van der Waals surface area (Å²) < 4.78 is 0. The number of allylic oxidation sites excluding steroid dienone is 2. The van der Waals surface area contributed by atoms with Crippen molar-refractivity contribution in [1.82, 2.24) is 4.98 Å². The van der Waals surface area contributed by atoms with E-state index >= 15 is 0 Å². The van der Waals surface area contributed by atoms with Crippen LogP contribution in [0, 0.1) is 25.7 Å². The normalized spacial score (nSPS) is 22.6. The number of ketones is 1. The van der Waals surface area contributed by atoms with Crippen LogP contribution in [0.5, 0.6) is 0 Å². The number of rotatable bonds is 2. The first kappa shape index (κ1) is 16.3. The van der Waals surface area contributed by atoms with E-state index < -0.39 is 0 Å². The average molecular weight is 354 g/mol. The maximum absolute atomic E-state index is 12.9. The lowest BCUT2D eigenvalue weighted by molar-refractivity contribution is -0.117. The Morgan fingerprint density at radius 3 is 2.60 bits per heavy atom. The number of carbonyl (C=O) groups is 1. The lowest BCUT2D eigenvalue weighted by atomic mass is 9.81. The van der Waals surface area contributed by atoms with Gasteiger partial charge in [0, 0.05) is 23.6 Å². The Kier molecular flexibility index (Phi) is 3.92. The molecule has 0 unspecified atom stereocenters. The summed E-state index contributed by atoms with van der Waals surface area (Å²) in [4.78, 5) is 17.0. The van der Waals surface area contributed by atoms with Gasteiger partial charge in [0.15, 0.2) is 5.78 Å². The number of hydrogen-bond donors (Lipinski definition) is 1. The van der Waals surface area contributed by atoms with Crippen LogP contribution in [0.25, 0.3) is 16.7 Å². The van der Waals surface area contributed by atoms with Crippen LogP contribution >= 0.6 is 11.6 Å². The van der Waals surface area contributed by atoms with E-state index in [4.69, 9.17) is 11.6 Å². The van der Waals surface area contributed by atoms with Gasteiger partial charge in [-0.25, -0.2) is 4.98 Å². The van der Waals surface area contributed by atoms with Crippen molar-refractivity contribution in [3.8, 4) is 11.1 Å². The second-order valence-corrected chi connectivity index (χ2v) is 7.57. The zero-order chi connectivity index (χ0) is 17.7. The third-order valence-electron chi connectivity index (χ3n) is 5.59.